The Bertz CT molecular complexity index is 2590. The molecular formula is C52H42N2. The zero-order chi connectivity index (χ0) is 36.6. The van der Waals surface area contributed by atoms with Crippen LogP contribution >= 0.6 is 0 Å². The van der Waals surface area contributed by atoms with Crippen molar-refractivity contribution in [3.63, 3.8) is 0 Å². The Balaban J connectivity index is 1.03. The Morgan fingerprint density at radius 3 is 1.65 bits per heavy atom. The third-order valence-electron chi connectivity index (χ3n) is 11.0. The summed E-state index contributed by atoms with van der Waals surface area (Å²) in [4.78, 5) is 4.73. The van der Waals surface area contributed by atoms with E-state index in [-0.39, 0.29) is 5.41 Å². The molecule has 0 aliphatic heterocycles. The molecule has 9 rings (SSSR count). The normalized spacial score (nSPS) is 12.8. The molecule has 54 heavy (non-hydrogen) atoms. The highest BCUT2D eigenvalue weighted by Crippen LogP contribution is 2.51. The Morgan fingerprint density at radius 2 is 0.926 bits per heavy atom. The monoisotopic (exact) mass is 694 g/mol. The molecule has 8 aromatic carbocycles. The molecule has 0 unspecified atom stereocenters. The van der Waals surface area contributed by atoms with Crippen LogP contribution in [0, 0.1) is 6.92 Å². The molecule has 0 heterocycles. The van der Waals surface area contributed by atoms with Gasteiger partial charge in [-0.05, 0) is 112 Å². The van der Waals surface area contributed by atoms with Crippen molar-refractivity contribution in [2.45, 2.75) is 26.2 Å². The molecule has 0 fully saturated rings. The van der Waals surface area contributed by atoms with Crippen molar-refractivity contribution in [2.75, 3.05) is 9.80 Å². The van der Waals surface area contributed by atoms with E-state index in [1.54, 1.807) is 0 Å². The summed E-state index contributed by atoms with van der Waals surface area (Å²) in [5.41, 5.74) is 15.7. The minimum absolute atomic E-state index is 0.166. The summed E-state index contributed by atoms with van der Waals surface area (Å²) >= 11 is 0. The van der Waals surface area contributed by atoms with Gasteiger partial charge in [0.25, 0.3) is 0 Å². The van der Waals surface area contributed by atoms with E-state index in [0.717, 1.165) is 22.6 Å². The van der Waals surface area contributed by atoms with E-state index in [2.05, 4.69) is 231 Å². The largest absolute Gasteiger partial charge is 0.311 e. The van der Waals surface area contributed by atoms with E-state index in [1.165, 1.54) is 61.2 Å². The number of fused-ring (bicyclic) bond motifs is 4. The highest BCUT2D eigenvalue weighted by atomic mass is 15.1. The fraction of sp³-hybridized carbons (Fsp3) is 0.0769. The summed E-state index contributed by atoms with van der Waals surface area (Å²) < 4.78 is 0. The van der Waals surface area contributed by atoms with Crippen LogP contribution in [0.25, 0.3) is 34.1 Å². The van der Waals surface area contributed by atoms with Gasteiger partial charge in [-0.3, -0.25) is 0 Å². The molecule has 0 spiro atoms. The number of hydrogen-bond acceptors (Lipinski definition) is 2. The second-order valence-corrected chi connectivity index (χ2v) is 14.7. The van der Waals surface area contributed by atoms with Crippen molar-refractivity contribution >= 4 is 57.0 Å². The van der Waals surface area contributed by atoms with E-state index in [1.807, 2.05) is 0 Å². The molecule has 2 heteroatoms. The third kappa shape index (κ3) is 5.96. The minimum Gasteiger partial charge on any atom is -0.311 e. The fourth-order valence-corrected chi connectivity index (χ4v) is 8.14. The maximum Gasteiger partial charge on any atom is 0.0540 e. The Morgan fingerprint density at radius 1 is 0.407 bits per heavy atom. The van der Waals surface area contributed by atoms with Crippen LogP contribution in [-0.2, 0) is 5.41 Å². The Hall–Kier alpha value is -6.64. The quantitative estimate of drug-likeness (QED) is 0.146. The van der Waals surface area contributed by atoms with Crippen molar-refractivity contribution < 1.29 is 0 Å². The van der Waals surface area contributed by atoms with Crippen LogP contribution in [-0.4, -0.2) is 0 Å². The van der Waals surface area contributed by atoms with Crippen molar-refractivity contribution in [1.29, 1.82) is 0 Å². The molecule has 0 saturated carbocycles. The topological polar surface area (TPSA) is 6.48 Å². The van der Waals surface area contributed by atoms with Gasteiger partial charge >= 0.3 is 0 Å². The Labute approximate surface area is 318 Å². The van der Waals surface area contributed by atoms with Crippen LogP contribution in [0.15, 0.2) is 188 Å². The number of para-hydroxylation sites is 3. The van der Waals surface area contributed by atoms with E-state index in [9.17, 15) is 0 Å². The lowest BCUT2D eigenvalue weighted by molar-refractivity contribution is 0.660. The maximum atomic E-state index is 2.44. The van der Waals surface area contributed by atoms with Gasteiger partial charge in [-0.25, -0.2) is 0 Å². The van der Waals surface area contributed by atoms with Crippen LogP contribution in [0.1, 0.15) is 41.7 Å². The second-order valence-electron chi connectivity index (χ2n) is 14.7. The van der Waals surface area contributed by atoms with Gasteiger partial charge in [0.05, 0.1) is 5.69 Å². The molecule has 0 N–H and O–H groups in total. The molecule has 2 nitrogen and oxygen atoms in total. The van der Waals surface area contributed by atoms with E-state index in [4.69, 9.17) is 0 Å². The van der Waals surface area contributed by atoms with Crippen molar-refractivity contribution in [3.8, 4) is 11.1 Å². The Kier molecular flexibility index (Phi) is 8.44. The molecule has 0 bridgehead atoms. The summed E-state index contributed by atoms with van der Waals surface area (Å²) in [5, 5.41) is 2.47. The van der Waals surface area contributed by atoms with Gasteiger partial charge in [-0.2, -0.15) is 0 Å². The molecule has 1 aliphatic carbocycles. The van der Waals surface area contributed by atoms with Gasteiger partial charge in [-0.15, -0.1) is 0 Å². The molecular weight excluding hydrogens is 653 g/mol. The highest BCUT2D eigenvalue weighted by Gasteiger charge is 2.36. The number of nitrogens with zero attached hydrogens (tertiary/aromatic N) is 2. The van der Waals surface area contributed by atoms with Gasteiger partial charge in [-0.1, -0.05) is 153 Å². The molecule has 8 aromatic rings. The number of rotatable bonds is 8. The molecule has 1 aliphatic rings. The predicted octanol–water partition coefficient (Wildman–Crippen LogP) is 14.6. The number of aryl methyl sites for hydroxylation is 1. The molecule has 0 aromatic heterocycles. The van der Waals surface area contributed by atoms with E-state index in [0.29, 0.717) is 0 Å². The molecule has 260 valence electrons. The summed E-state index contributed by atoms with van der Waals surface area (Å²) in [6.07, 6.45) is 4.46. The zero-order valence-corrected chi connectivity index (χ0v) is 30.9. The van der Waals surface area contributed by atoms with Gasteiger partial charge in [0.15, 0.2) is 0 Å². The van der Waals surface area contributed by atoms with Crippen LogP contribution in [0.5, 0.6) is 0 Å². The lowest BCUT2D eigenvalue weighted by atomic mass is 9.81. The summed E-state index contributed by atoms with van der Waals surface area (Å²) in [7, 11) is 0. The zero-order valence-electron chi connectivity index (χ0n) is 30.9. The maximum absolute atomic E-state index is 2.44. The van der Waals surface area contributed by atoms with Crippen LogP contribution < -0.4 is 9.80 Å². The molecule has 0 saturated heterocycles. The molecule has 0 radical (unpaired) electrons. The van der Waals surface area contributed by atoms with Gasteiger partial charge in [0.1, 0.15) is 0 Å². The first-order valence-corrected chi connectivity index (χ1v) is 18.8. The second kappa shape index (κ2) is 13.7. The highest BCUT2D eigenvalue weighted by molar-refractivity contribution is 5.99. The van der Waals surface area contributed by atoms with Gasteiger partial charge in [0.2, 0.25) is 0 Å². The SMILES string of the molecule is Cc1ccccc1N(c1ccc2c(c1)C(C)(C)c1cc(/C=C/c3ccc(N(c4ccccc4)c4ccccc4)cc3)ccc1-2)c1cccc2ccccc12. The van der Waals surface area contributed by atoms with E-state index < -0.39 is 0 Å². The lowest BCUT2D eigenvalue weighted by Gasteiger charge is -2.30. The predicted molar refractivity (Wildman–Crippen MR) is 231 cm³/mol. The first-order valence-electron chi connectivity index (χ1n) is 18.8. The van der Waals surface area contributed by atoms with Crippen LogP contribution in [0.4, 0.5) is 34.1 Å². The van der Waals surface area contributed by atoms with Crippen molar-refractivity contribution in [1.82, 2.24) is 0 Å². The number of anilines is 6. The van der Waals surface area contributed by atoms with Crippen molar-refractivity contribution in [3.05, 3.63) is 216 Å². The number of hydrogen-bond donors (Lipinski definition) is 0. The van der Waals surface area contributed by atoms with E-state index >= 15 is 0 Å². The van der Waals surface area contributed by atoms with Crippen LogP contribution in [0.2, 0.25) is 0 Å². The summed E-state index contributed by atoms with van der Waals surface area (Å²) in [6.45, 7) is 6.94. The average Bonchev–Trinajstić information content (AvgIpc) is 3.44. The number of benzene rings is 8. The van der Waals surface area contributed by atoms with Gasteiger partial charge in [0, 0.05) is 39.2 Å². The molecule has 0 amide bonds. The first-order chi connectivity index (χ1) is 26.5. The summed E-state index contributed by atoms with van der Waals surface area (Å²) in [5.74, 6) is 0. The fourth-order valence-electron chi connectivity index (χ4n) is 8.14. The smallest absolute Gasteiger partial charge is 0.0540 e. The average molecular weight is 695 g/mol. The van der Waals surface area contributed by atoms with Crippen molar-refractivity contribution in [2.24, 2.45) is 0 Å². The first kappa shape index (κ1) is 33.2. The van der Waals surface area contributed by atoms with Crippen LogP contribution in [0.3, 0.4) is 0 Å². The molecule has 0 atom stereocenters. The standard InChI is InChI=1S/C52H42N2/c1-37-15-10-13-23-50(37)54(51-24-14-17-40-16-11-12-22-45(40)51)44-32-34-47-46-33-29-39(35-48(46)52(2,3)49(47)36-44)26-25-38-27-30-43(31-28-38)53(41-18-6-4-7-19-41)42-20-8-5-9-21-42/h4-36H,1-3H3/b26-25+. The van der Waals surface area contributed by atoms with Gasteiger partial charge < -0.3 is 9.80 Å². The summed E-state index contributed by atoms with van der Waals surface area (Å²) in [6, 6.07) is 67.9. The third-order valence-corrected chi connectivity index (χ3v) is 11.0. The minimum atomic E-state index is -0.166. The lowest BCUT2D eigenvalue weighted by Crippen LogP contribution is -2.17.